The van der Waals surface area contributed by atoms with E-state index in [1.807, 2.05) is 0 Å². The highest BCUT2D eigenvalue weighted by Crippen LogP contribution is 2.31. The summed E-state index contributed by atoms with van der Waals surface area (Å²) in [7, 11) is 0. The van der Waals surface area contributed by atoms with E-state index in [1.54, 1.807) is 35.2 Å². The fourth-order valence-electron chi connectivity index (χ4n) is 3.69. The van der Waals surface area contributed by atoms with E-state index in [-0.39, 0.29) is 0 Å². The first kappa shape index (κ1) is 16.0. The molecule has 25 heavy (non-hydrogen) atoms. The average molecular weight is 342 g/mol. The van der Waals surface area contributed by atoms with Crippen LogP contribution in [0.25, 0.3) is 5.69 Å². The number of hydrogen-bond acceptors (Lipinski definition) is 4. The Kier molecular flexibility index (Phi) is 4.34. The number of hydrogen-bond donors (Lipinski definition) is 0. The van der Waals surface area contributed by atoms with Crippen molar-refractivity contribution in [2.75, 3.05) is 13.2 Å². The molecule has 0 bridgehead atoms. The van der Waals surface area contributed by atoms with Crippen LogP contribution < -0.4 is 20.6 Å². The molecule has 2 aromatic rings. The van der Waals surface area contributed by atoms with Crippen LogP contribution in [0.5, 0.6) is 11.5 Å². The number of ether oxygens (including phenoxy) is 2. The lowest BCUT2D eigenvalue weighted by Crippen LogP contribution is -2.41. The summed E-state index contributed by atoms with van der Waals surface area (Å²) in [5.41, 5.74) is -0.394. The Morgan fingerprint density at radius 3 is 2.48 bits per heavy atom. The maximum absolute atomic E-state index is 12.6. The minimum Gasteiger partial charge on any atom is -0.486 e. The highest BCUT2D eigenvalue weighted by atomic mass is 16.6. The molecule has 6 nitrogen and oxygen atoms in total. The number of nitrogens with zero attached hydrogens (tertiary/aromatic N) is 2. The summed E-state index contributed by atoms with van der Waals surface area (Å²) in [4.78, 5) is 25.1. The van der Waals surface area contributed by atoms with Gasteiger partial charge in [-0.05, 0) is 30.9 Å². The molecule has 0 N–H and O–H groups in total. The van der Waals surface area contributed by atoms with Crippen LogP contribution in [0.1, 0.15) is 32.1 Å². The van der Waals surface area contributed by atoms with Gasteiger partial charge in [0.15, 0.2) is 11.5 Å². The second-order valence-electron chi connectivity index (χ2n) is 6.76. The minimum atomic E-state index is -0.532. The summed E-state index contributed by atoms with van der Waals surface area (Å²) in [5, 5.41) is 0. The molecular weight excluding hydrogens is 320 g/mol. The van der Waals surface area contributed by atoms with Gasteiger partial charge in [-0.25, -0.2) is 0 Å². The smallest absolute Gasteiger partial charge is 0.320 e. The average Bonchev–Trinajstić information content (AvgIpc) is 2.66. The van der Waals surface area contributed by atoms with Gasteiger partial charge in [0.05, 0.1) is 5.69 Å². The van der Waals surface area contributed by atoms with Crippen LogP contribution in [0.4, 0.5) is 0 Å². The Balaban J connectivity index is 1.64. The van der Waals surface area contributed by atoms with Crippen molar-refractivity contribution in [1.82, 2.24) is 9.13 Å². The number of fused-ring (bicyclic) bond motifs is 1. The maximum atomic E-state index is 12.6. The van der Waals surface area contributed by atoms with Gasteiger partial charge < -0.3 is 14.0 Å². The molecule has 0 spiro atoms. The Hall–Kier alpha value is -2.50. The third kappa shape index (κ3) is 3.21. The van der Waals surface area contributed by atoms with Crippen molar-refractivity contribution in [3.63, 3.8) is 0 Å². The quantitative estimate of drug-likeness (QED) is 0.804. The molecule has 0 atom stereocenters. The minimum absolute atomic E-state index is 0.469. The predicted octanol–water partition coefficient (Wildman–Crippen LogP) is 2.35. The van der Waals surface area contributed by atoms with Gasteiger partial charge in [0.1, 0.15) is 13.2 Å². The van der Waals surface area contributed by atoms with Gasteiger partial charge in [0, 0.05) is 25.0 Å². The number of benzene rings is 1. The normalized spacial score (nSPS) is 17.4. The van der Waals surface area contributed by atoms with Crippen LogP contribution in [0, 0.1) is 5.92 Å². The number of aromatic nitrogens is 2. The standard InChI is InChI=1S/C19H22N2O4/c22-18-19(23)21(9-8-20(18)13-14-4-2-1-3-5-14)15-6-7-16-17(12-15)25-11-10-24-16/h6-9,12,14H,1-5,10-11,13H2. The molecule has 4 rings (SSSR count). The summed E-state index contributed by atoms with van der Waals surface area (Å²) in [6.07, 6.45) is 9.36. The van der Waals surface area contributed by atoms with Crippen LogP contribution in [0.2, 0.25) is 0 Å². The van der Waals surface area contributed by atoms with Crippen LogP contribution in [0.15, 0.2) is 40.2 Å². The molecule has 1 fully saturated rings. The zero-order valence-electron chi connectivity index (χ0n) is 14.1. The SMILES string of the molecule is O=c1c(=O)n(-c2ccc3c(c2)OCCO3)ccn1CC1CCCCC1. The van der Waals surface area contributed by atoms with Crippen molar-refractivity contribution in [2.45, 2.75) is 38.6 Å². The summed E-state index contributed by atoms with van der Waals surface area (Å²) >= 11 is 0. The Morgan fingerprint density at radius 2 is 1.68 bits per heavy atom. The first-order valence-electron chi connectivity index (χ1n) is 8.94. The lowest BCUT2D eigenvalue weighted by Gasteiger charge is -2.22. The van der Waals surface area contributed by atoms with E-state index in [0.717, 1.165) is 12.8 Å². The topological polar surface area (TPSA) is 62.5 Å². The maximum Gasteiger partial charge on any atom is 0.320 e. The molecule has 0 radical (unpaired) electrons. The van der Waals surface area contributed by atoms with E-state index in [4.69, 9.17) is 9.47 Å². The fourth-order valence-corrected chi connectivity index (χ4v) is 3.69. The fraction of sp³-hybridized carbons (Fsp3) is 0.474. The molecule has 1 aliphatic heterocycles. The Labute approximate surface area is 145 Å². The third-order valence-corrected chi connectivity index (χ3v) is 5.04. The van der Waals surface area contributed by atoms with Gasteiger partial charge in [-0.15, -0.1) is 0 Å². The molecule has 2 heterocycles. The van der Waals surface area contributed by atoms with Gasteiger partial charge in [-0.1, -0.05) is 19.3 Å². The monoisotopic (exact) mass is 342 g/mol. The van der Waals surface area contributed by atoms with Crippen LogP contribution in [-0.4, -0.2) is 22.3 Å². The van der Waals surface area contributed by atoms with Crippen LogP contribution in [-0.2, 0) is 6.54 Å². The van der Waals surface area contributed by atoms with Gasteiger partial charge in [0.25, 0.3) is 0 Å². The molecule has 1 aromatic heterocycles. The van der Waals surface area contributed by atoms with E-state index in [9.17, 15) is 9.59 Å². The van der Waals surface area contributed by atoms with E-state index in [2.05, 4.69) is 0 Å². The molecule has 6 heteroatoms. The first-order valence-corrected chi connectivity index (χ1v) is 8.94. The van der Waals surface area contributed by atoms with Crippen LogP contribution in [0.3, 0.4) is 0 Å². The van der Waals surface area contributed by atoms with E-state index in [0.29, 0.717) is 42.9 Å². The summed E-state index contributed by atoms with van der Waals surface area (Å²) in [5.74, 6) is 1.76. The predicted molar refractivity (Wildman–Crippen MR) is 93.9 cm³/mol. The van der Waals surface area contributed by atoms with E-state index in [1.165, 1.54) is 23.8 Å². The van der Waals surface area contributed by atoms with Crippen molar-refractivity contribution in [1.29, 1.82) is 0 Å². The van der Waals surface area contributed by atoms with Gasteiger partial charge in [0.2, 0.25) is 0 Å². The Morgan fingerprint density at radius 1 is 0.920 bits per heavy atom. The van der Waals surface area contributed by atoms with Crippen LogP contribution >= 0.6 is 0 Å². The zero-order chi connectivity index (χ0) is 17.2. The molecule has 1 aromatic carbocycles. The lowest BCUT2D eigenvalue weighted by molar-refractivity contribution is 0.171. The van der Waals surface area contributed by atoms with Crippen molar-refractivity contribution < 1.29 is 9.47 Å². The first-order chi connectivity index (χ1) is 12.2. The number of rotatable bonds is 3. The van der Waals surface area contributed by atoms with E-state index < -0.39 is 11.1 Å². The van der Waals surface area contributed by atoms with Crippen molar-refractivity contribution in [3.05, 3.63) is 51.3 Å². The molecule has 0 unspecified atom stereocenters. The van der Waals surface area contributed by atoms with Crippen molar-refractivity contribution >= 4 is 0 Å². The summed E-state index contributed by atoms with van der Waals surface area (Å²) < 4.78 is 14.0. The molecule has 1 saturated carbocycles. The highest BCUT2D eigenvalue weighted by Gasteiger charge is 2.17. The highest BCUT2D eigenvalue weighted by molar-refractivity contribution is 5.49. The van der Waals surface area contributed by atoms with Gasteiger partial charge in [-0.3, -0.25) is 14.2 Å². The molecule has 0 saturated heterocycles. The zero-order valence-corrected chi connectivity index (χ0v) is 14.1. The van der Waals surface area contributed by atoms with Gasteiger partial charge in [-0.2, -0.15) is 0 Å². The summed E-state index contributed by atoms with van der Waals surface area (Å²) in [6, 6.07) is 5.27. The molecule has 2 aliphatic rings. The Bertz CT molecular complexity index is 878. The summed E-state index contributed by atoms with van der Waals surface area (Å²) in [6.45, 7) is 1.63. The third-order valence-electron chi connectivity index (χ3n) is 5.04. The van der Waals surface area contributed by atoms with E-state index >= 15 is 0 Å². The van der Waals surface area contributed by atoms with Crippen molar-refractivity contribution in [3.8, 4) is 17.2 Å². The molecular formula is C19H22N2O4. The van der Waals surface area contributed by atoms with Crippen molar-refractivity contribution in [2.24, 2.45) is 5.92 Å². The largest absolute Gasteiger partial charge is 0.486 e. The molecule has 132 valence electrons. The molecule has 1 aliphatic carbocycles. The second kappa shape index (κ2) is 6.78. The van der Waals surface area contributed by atoms with Gasteiger partial charge >= 0.3 is 11.1 Å². The lowest BCUT2D eigenvalue weighted by atomic mass is 9.89. The second-order valence-corrected chi connectivity index (χ2v) is 6.76. The molecule has 0 amide bonds.